The molecule has 0 bridgehead atoms. The van der Waals surface area contributed by atoms with Gasteiger partial charge in [0, 0.05) is 37.4 Å². The van der Waals surface area contributed by atoms with Gasteiger partial charge in [-0.1, -0.05) is 11.6 Å². The zero-order valence-corrected chi connectivity index (χ0v) is 19.2. The van der Waals surface area contributed by atoms with Crippen LogP contribution >= 0.6 is 22.9 Å². The van der Waals surface area contributed by atoms with Gasteiger partial charge in [-0.3, -0.25) is 9.59 Å². The second kappa shape index (κ2) is 10.3. The van der Waals surface area contributed by atoms with Gasteiger partial charge in [0.15, 0.2) is 0 Å². The van der Waals surface area contributed by atoms with Gasteiger partial charge >= 0.3 is 0 Å². The Balaban J connectivity index is 1.47. The standard InChI is InChI=1S/C22H22ClN5O4S/c23-18-6-5-17(33-18)20(29)27-22(8-11-32-13-22)21(30)26-15-1-3-16(4-2-15)28-9-12-31-10-7-19(28)25-14-24/h1-6H,7-13H2,(H,26,30)(H,27,29)/t22-/m1/s1. The van der Waals surface area contributed by atoms with Crippen molar-refractivity contribution in [3.63, 3.8) is 0 Å². The summed E-state index contributed by atoms with van der Waals surface area (Å²) in [6.07, 6.45) is 2.76. The van der Waals surface area contributed by atoms with E-state index in [2.05, 4.69) is 15.6 Å². The van der Waals surface area contributed by atoms with Gasteiger partial charge < -0.3 is 25.0 Å². The van der Waals surface area contributed by atoms with Crippen LogP contribution in [0.5, 0.6) is 0 Å². The second-order valence-corrected chi connectivity index (χ2v) is 9.30. The molecule has 1 aromatic heterocycles. The van der Waals surface area contributed by atoms with E-state index in [4.69, 9.17) is 26.3 Å². The van der Waals surface area contributed by atoms with Crippen molar-refractivity contribution in [3.8, 4) is 6.19 Å². The summed E-state index contributed by atoms with van der Waals surface area (Å²) in [4.78, 5) is 32.1. The maximum absolute atomic E-state index is 13.2. The highest BCUT2D eigenvalue weighted by Crippen LogP contribution is 2.26. The molecule has 0 aliphatic carbocycles. The molecule has 2 saturated heterocycles. The summed E-state index contributed by atoms with van der Waals surface area (Å²) in [6, 6.07) is 10.5. The molecule has 2 aromatic rings. The number of nitriles is 1. The SMILES string of the molecule is N#CN=C1CCOCCN1c1ccc(NC(=O)[C@@]2(NC(=O)c3ccc(Cl)s3)CCOC2)cc1. The largest absolute Gasteiger partial charge is 0.379 e. The van der Waals surface area contributed by atoms with Crippen molar-refractivity contribution < 1.29 is 19.1 Å². The van der Waals surface area contributed by atoms with Crippen molar-refractivity contribution in [2.24, 2.45) is 4.99 Å². The maximum Gasteiger partial charge on any atom is 0.262 e. The third-order valence-electron chi connectivity index (χ3n) is 5.46. The zero-order valence-electron chi connectivity index (χ0n) is 17.7. The van der Waals surface area contributed by atoms with E-state index >= 15 is 0 Å². The molecule has 11 heteroatoms. The van der Waals surface area contributed by atoms with Crippen LogP contribution in [0.4, 0.5) is 11.4 Å². The lowest BCUT2D eigenvalue weighted by Crippen LogP contribution is -2.57. The van der Waals surface area contributed by atoms with Crippen molar-refractivity contribution in [1.29, 1.82) is 5.26 Å². The zero-order chi connectivity index (χ0) is 23.3. The first kappa shape index (κ1) is 23.2. The summed E-state index contributed by atoms with van der Waals surface area (Å²) >= 11 is 7.08. The molecule has 0 unspecified atom stereocenters. The molecule has 3 heterocycles. The van der Waals surface area contributed by atoms with Crippen molar-refractivity contribution in [1.82, 2.24) is 5.32 Å². The molecule has 2 N–H and O–H groups in total. The molecule has 9 nitrogen and oxygen atoms in total. The first-order valence-corrected chi connectivity index (χ1v) is 11.6. The van der Waals surface area contributed by atoms with Crippen LogP contribution in [-0.2, 0) is 14.3 Å². The molecule has 2 amide bonds. The number of aliphatic imine (C=N–C) groups is 1. The van der Waals surface area contributed by atoms with E-state index in [1.165, 1.54) is 0 Å². The molecule has 2 fully saturated rings. The number of hydrogen-bond acceptors (Lipinski definition) is 7. The number of nitrogens with one attached hydrogen (secondary N) is 2. The highest BCUT2D eigenvalue weighted by Gasteiger charge is 2.44. The van der Waals surface area contributed by atoms with Gasteiger partial charge in [0.25, 0.3) is 11.8 Å². The normalized spacial score (nSPS) is 21.9. The summed E-state index contributed by atoms with van der Waals surface area (Å²) in [6.45, 7) is 2.07. The van der Waals surface area contributed by atoms with E-state index in [-0.39, 0.29) is 18.4 Å². The number of hydrogen-bond donors (Lipinski definition) is 2. The molecule has 172 valence electrons. The van der Waals surface area contributed by atoms with Crippen LogP contribution in [0.1, 0.15) is 22.5 Å². The number of benzene rings is 1. The number of carbonyl (C=O) groups is 2. The Kier molecular flexibility index (Phi) is 7.25. The fraction of sp³-hybridized carbons (Fsp3) is 0.364. The smallest absolute Gasteiger partial charge is 0.262 e. The third kappa shape index (κ3) is 5.34. The van der Waals surface area contributed by atoms with E-state index in [1.54, 1.807) is 24.3 Å². The molecular weight excluding hydrogens is 466 g/mol. The van der Waals surface area contributed by atoms with Gasteiger partial charge in [-0.2, -0.15) is 10.3 Å². The molecule has 2 aliphatic rings. The van der Waals surface area contributed by atoms with E-state index in [9.17, 15) is 9.59 Å². The van der Waals surface area contributed by atoms with Crippen molar-refractivity contribution in [2.45, 2.75) is 18.4 Å². The van der Waals surface area contributed by atoms with Crippen molar-refractivity contribution in [2.75, 3.05) is 43.2 Å². The topological polar surface area (TPSA) is 116 Å². The summed E-state index contributed by atoms with van der Waals surface area (Å²) in [7, 11) is 0. The molecule has 0 saturated carbocycles. The fourth-order valence-corrected chi connectivity index (χ4v) is 4.67. The van der Waals surface area contributed by atoms with Crippen LogP contribution in [-0.4, -0.2) is 56.2 Å². The minimum Gasteiger partial charge on any atom is -0.379 e. The van der Waals surface area contributed by atoms with Crippen LogP contribution in [0.3, 0.4) is 0 Å². The lowest BCUT2D eigenvalue weighted by atomic mass is 9.97. The molecule has 4 rings (SSSR count). The third-order valence-corrected chi connectivity index (χ3v) is 6.69. The number of anilines is 2. The minimum absolute atomic E-state index is 0.0868. The Morgan fingerprint density at radius 3 is 2.64 bits per heavy atom. The Morgan fingerprint density at radius 2 is 1.97 bits per heavy atom. The number of ether oxygens (including phenoxy) is 2. The van der Waals surface area contributed by atoms with E-state index in [1.807, 2.05) is 23.2 Å². The van der Waals surface area contributed by atoms with E-state index < -0.39 is 5.54 Å². The summed E-state index contributed by atoms with van der Waals surface area (Å²) < 4.78 is 11.4. The number of thiophene rings is 1. The summed E-state index contributed by atoms with van der Waals surface area (Å²) in [5.41, 5.74) is 0.253. The predicted octanol–water partition coefficient (Wildman–Crippen LogP) is 3.04. The fourth-order valence-electron chi connectivity index (χ4n) is 3.73. The molecule has 33 heavy (non-hydrogen) atoms. The van der Waals surface area contributed by atoms with Crippen molar-refractivity contribution >= 4 is 52.0 Å². The van der Waals surface area contributed by atoms with Crippen LogP contribution < -0.4 is 15.5 Å². The highest BCUT2D eigenvalue weighted by atomic mass is 35.5. The average Bonchev–Trinajstić information content (AvgIpc) is 3.40. The van der Waals surface area contributed by atoms with Gasteiger partial charge in [0.05, 0.1) is 29.0 Å². The molecule has 0 radical (unpaired) electrons. The first-order valence-electron chi connectivity index (χ1n) is 10.4. The first-order chi connectivity index (χ1) is 16.0. The lowest BCUT2D eigenvalue weighted by Gasteiger charge is -2.27. The number of amides is 2. The van der Waals surface area contributed by atoms with Gasteiger partial charge in [-0.15, -0.1) is 11.3 Å². The molecule has 2 aliphatic heterocycles. The van der Waals surface area contributed by atoms with Gasteiger partial charge in [0.1, 0.15) is 11.4 Å². The van der Waals surface area contributed by atoms with E-state index in [0.29, 0.717) is 59.9 Å². The highest BCUT2D eigenvalue weighted by molar-refractivity contribution is 7.18. The van der Waals surface area contributed by atoms with Gasteiger partial charge in [-0.25, -0.2) is 0 Å². The predicted molar refractivity (Wildman–Crippen MR) is 126 cm³/mol. The quantitative estimate of drug-likeness (QED) is 0.626. The molecule has 0 spiro atoms. The van der Waals surface area contributed by atoms with Crippen molar-refractivity contribution in [3.05, 3.63) is 45.6 Å². The number of amidine groups is 1. The monoisotopic (exact) mass is 487 g/mol. The summed E-state index contributed by atoms with van der Waals surface area (Å²) in [5, 5.41) is 14.7. The lowest BCUT2D eigenvalue weighted by molar-refractivity contribution is -0.122. The molecule has 1 aromatic carbocycles. The Morgan fingerprint density at radius 1 is 1.15 bits per heavy atom. The second-order valence-electron chi connectivity index (χ2n) is 7.59. The number of halogens is 1. The minimum atomic E-state index is -1.17. The molecular formula is C22H22ClN5O4S. The number of carbonyl (C=O) groups excluding carboxylic acids is 2. The van der Waals surface area contributed by atoms with Crippen LogP contribution in [0.25, 0.3) is 0 Å². The number of nitrogens with zero attached hydrogens (tertiary/aromatic N) is 3. The van der Waals surface area contributed by atoms with Gasteiger partial charge in [-0.05, 0) is 36.4 Å². The van der Waals surface area contributed by atoms with Crippen LogP contribution in [0, 0.1) is 11.5 Å². The maximum atomic E-state index is 13.2. The Bertz CT molecular complexity index is 1090. The van der Waals surface area contributed by atoms with Crippen LogP contribution in [0.2, 0.25) is 4.34 Å². The van der Waals surface area contributed by atoms with Gasteiger partial charge in [0.2, 0.25) is 6.19 Å². The Hall–Kier alpha value is -2.97. The average molecular weight is 488 g/mol. The summed E-state index contributed by atoms with van der Waals surface area (Å²) in [5.74, 6) is -0.0699. The number of rotatable bonds is 5. The van der Waals surface area contributed by atoms with Crippen LogP contribution in [0.15, 0.2) is 41.4 Å². The molecule has 1 atom stereocenters. The van der Waals surface area contributed by atoms with E-state index in [0.717, 1.165) is 17.0 Å². The Labute approximate surface area is 199 Å².